The lowest BCUT2D eigenvalue weighted by Gasteiger charge is -2.23. The van der Waals surface area contributed by atoms with Gasteiger partial charge in [-0.2, -0.15) is 0 Å². The van der Waals surface area contributed by atoms with Gasteiger partial charge in [0, 0.05) is 37.5 Å². The summed E-state index contributed by atoms with van der Waals surface area (Å²) < 4.78 is 11.2. The number of carbonyl (C=O) groups is 2. The van der Waals surface area contributed by atoms with Crippen LogP contribution in [0.5, 0.6) is 11.5 Å². The summed E-state index contributed by atoms with van der Waals surface area (Å²) in [5, 5.41) is 2.21. The van der Waals surface area contributed by atoms with Crippen LogP contribution in [0.3, 0.4) is 0 Å². The third kappa shape index (κ3) is 3.24. The van der Waals surface area contributed by atoms with Gasteiger partial charge in [-0.3, -0.25) is 9.59 Å². The van der Waals surface area contributed by atoms with Gasteiger partial charge < -0.3 is 19.3 Å². The van der Waals surface area contributed by atoms with Crippen molar-refractivity contribution in [1.29, 1.82) is 0 Å². The van der Waals surface area contributed by atoms with Crippen LogP contribution < -0.4 is 19.3 Å². The molecule has 0 saturated carbocycles. The van der Waals surface area contributed by atoms with E-state index in [9.17, 15) is 9.59 Å². The van der Waals surface area contributed by atoms with Crippen LogP contribution in [0.1, 0.15) is 6.42 Å². The fourth-order valence-electron chi connectivity index (χ4n) is 4.11. The second kappa shape index (κ2) is 7.37. The predicted molar refractivity (Wildman–Crippen MR) is 115 cm³/mol. The third-order valence-electron chi connectivity index (χ3n) is 5.76. The molecule has 0 N–H and O–H groups in total. The molecule has 0 radical (unpaired) electrons. The van der Waals surface area contributed by atoms with Crippen molar-refractivity contribution in [3.63, 3.8) is 0 Å². The molecule has 1 unspecified atom stereocenters. The molecule has 0 aromatic heterocycles. The van der Waals surface area contributed by atoms with Crippen LogP contribution in [0, 0.1) is 5.92 Å². The van der Waals surface area contributed by atoms with Gasteiger partial charge in [-0.15, -0.1) is 0 Å². The molecule has 2 heterocycles. The summed E-state index contributed by atoms with van der Waals surface area (Å²) in [6.45, 7) is 1.37. The van der Waals surface area contributed by atoms with Crippen molar-refractivity contribution in [2.45, 2.75) is 6.42 Å². The number of rotatable bonds is 3. The van der Waals surface area contributed by atoms with Crippen LogP contribution in [-0.2, 0) is 9.59 Å². The average molecular weight is 402 g/mol. The highest BCUT2D eigenvalue weighted by Crippen LogP contribution is 2.36. The minimum atomic E-state index is -0.387. The Labute approximate surface area is 174 Å². The van der Waals surface area contributed by atoms with E-state index in [2.05, 4.69) is 0 Å². The topological polar surface area (TPSA) is 59.1 Å². The summed E-state index contributed by atoms with van der Waals surface area (Å²) in [6, 6.07) is 19.5. The summed E-state index contributed by atoms with van der Waals surface area (Å²) >= 11 is 0. The highest BCUT2D eigenvalue weighted by Gasteiger charge is 2.37. The zero-order valence-corrected chi connectivity index (χ0v) is 16.7. The highest BCUT2D eigenvalue weighted by atomic mass is 16.6. The largest absolute Gasteiger partial charge is 0.486 e. The van der Waals surface area contributed by atoms with Gasteiger partial charge in [0.25, 0.3) is 0 Å². The number of nitrogens with zero attached hydrogens (tertiary/aromatic N) is 2. The lowest BCUT2D eigenvalue weighted by Crippen LogP contribution is -2.34. The van der Waals surface area contributed by atoms with E-state index in [4.69, 9.17) is 9.47 Å². The molecule has 30 heavy (non-hydrogen) atoms. The van der Waals surface area contributed by atoms with Crippen LogP contribution in [-0.4, -0.2) is 38.6 Å². The SMILES string of the molecule is CN(C(=O)C1CC(=O)N(c2ccc3c(c2)OCCO3)C1)c1ccc2ccccc2c1. The fraction of sp³-hybridized carbons (Fsp3) is 0.250. The second-order valence-corrected chi connectivity index (χ2v) is 7.66. The Bertz CT molecular complexity index is 1140. The van der Waals surface area contributed by atoms with Crippen LogP contribution in [0.15, 0.2) is 60.7 Å². The van der Waals surface area contributed by atoms with E-state index < -0.39 is 0 Å². The Hall–Kier alpha value is -3.54. The first-order valence-electron chi connectivity index (χ1n) is 10.1. The van der Waals surface area contributed by atoms with Crippen LogP contribution in [0.2, 0.25) is 0 Å². The maximum atomic E-state index is 13.1. The van der Waals surface area contributed by atoms with E-state index in [1.54, 1.807) is 16.8 Å². The summed E-state index contributed by atoms with van der Waals surface area (Å²) in [5.74, 6) is 0.813. The van der Waals surface area contributed by atoms with Crippen molar-refractivity contribution < 1.29 is 19.1 Å². The summed E-state index contributed by atoms with van der Waals surface area (Å²) in [4.78, 5) is 29.1. The number of anilines is 2. The zero-order valence-electron chi connectivity index (χ0n) is 16.7. The number of hydrogen-bond donors (Lipinski definition) is 0. The average Bonchev–Trinajstić information content (AvgIpc) is 3.19. The number of fused-ring (bicyclic) bond motifs is 2. The molecular formula is C24H22N2O4. The minimum absolute atomic E-state index is 0.0568. The Morgan fingerprint density at radius 3 is 2.57 bits per heavy atom. The van der Waals surface area contributed by atoms with E-state index in [1.165, 1.54) is 0 Å². The van der Waals surface area contributed by atoms with Crippen molar-refractivity contribution in [2.75, 3.05) is 36.6 Å². The molecule has 1 saturated heterocycles. The van der Waals surface area contributed by atoms with Gasteiger partial charge in [-0.25, -0.2) is 0 Å². The Balaban J connectivity index is 1.34. The number of amides is 2. The lowest BCUT2D eigenvalue weighted by molar-refractivity contribution is -0.124. The van der Waals surface area contributed by atoms with Crippen LogP contribution in [0.25, 0.3) is 10.8 Å². The van der Waals surface area contributed by atoms with Crippen molar-refractivity contribution in [3.05, 3.63) is 60.7 Å². The van der Waals surface area contributed by atoms with E-state index in [-0.39, 0.29) is 24.2 Å². The predicted octanol–water partition coefficient (Wildman–Crippen LogP) is 3.63. The number of hydrogen-bond acceptors (Lipinski definition) is 4. The van der Waals surface area contributed by atoms with Crippen LogP contribution >= 0.6 is 0 Å². The van der Waals surface area contributed by atoms with Gasteiger partial charge in [0.1, 0.15) is 13.2 Å². The molecule has 5 rings (SSSR count). The van der Waals surface area contributed by atoms with Crippen molar-refractivity contribution in [1.82, 2.24) is 0 Å². The van der Waals surface area contributed by atoms with E-state index in [0.29, 0.717) is 31.3 Å². The Morgan fingerprint density at radius 1 is 0.967 bits per heavy atom. The van der Waals surface area contributed by atoms with E-state index in [1.807, 2.05) is 60.7 Å². The molecule has 0 bridgehead atoms. The second-order valence-electron chi connectivity index (χ2n) is 7.66. The zero-order chi connectivity index (χ0) is 20.7. The molecule has 3 aromatic carbocycles. The lowest BCUT2D eigenvalue weighted by atomic mass is 10.1. The molecule has 152 valence electrons. The van der Waals surface area contributed by atoms with Gasteiger partial charge in [0.2, 0.25) is 11.8 Å². The van der Waals surface area contributed by atoms with Crippen molar-refractivity contribution >= 4 is 34.0 Å². The molecule has 6 nitrogen and oxygen atoms in total. The van der Waals surface area contributed by atoms with Crippen molar-refractivity contribution in [2.24, 2.45) is 5.92 Å². The maximum absolute atomic E-state index is 13.1. The molecule has 2 amide bonds. The first kappa shape index (κ1) is 18.5. The van der Waals surface area contributed by atoms with Gasteiger partial charge in [0.15, 0.2) is 11.5 Å². The monoisotopic (exact) mass is 402 g/mol. The number of carbonyl (C=O) groups excluding carboxylic acids is 2. The minimum Gasteiger partial charge on any atom is -0.486 e. The van der Waals surface area contributed by atoms with Gasteiger partial charge in [0.05, 0.1) is 5.92 Å². The third-order valence-corrected chi connectivity index (χ3v) is 5.76. The normalized spacial score (nSPS) is 18.0. The molecular weight excluding hydrogens is 380 g/mol. The van der Waals surface area contributed by atoms with Crippen LogP contribution in [0.4, 0.5) is 11.4 Å². The maximum Gasteiger partial charge on any atom is 0.232 e. The molecule has 3 aromatic rings. The summed E-state index contributed by atoms with van der Waals surface area (Å²) in [6.07, 6.45) is 0.200. The van der Waals surface area contributed by atoms with E-state index in [0.717, 1.165) is 22.1 Å². The first-order chi connectivity index (χ1) is 14.6. The molecule has 2 aliphatic rings. The molecule has 1 atom stereocenters. The number of ether oxygens (including phenoxy) is 2. The summed E-state index contributed by atoms with van der Waals surface area (Å²) in [7, 11) is 1.77. The van der Waals surface area contributed by atoms with Gasteiger partial charge >= 0.3 is 0 Å². The summed E-state index contributed by atoms with van der Waals surface area (Å²) in [5.41, 5.74) is 1.55. The highest BCUT2D eigenvalue weighted by molar-refractivity contribution is 6.05. The fourth-order valence-corrected chi connectivity index (χ4v) is 4.11. The molecule has 2 aliphatic heterocycles. The molecule has 6 heteroatoms. The molecule has 0 spiro atoms. The molecule has 0 aliphatic carbocycles. The quantitative estimate of drug-likeness (QED) is 0.671. The number of benzene rings is 3. The van der Waals surface area contributed by atoms with Gasteiger partial charge in [-0.05, 0) is 35.0 Å². The Kier molecular flexibility index (Phi) is 4.54. The van der Waals surface area contributed by atoms with E-state index >= 15 is 0 Å². The smallest absolute Gasteiger partial charge is 0.232 e. The Morgan fingerprint density at radius 2 is 1.73 bits per heavy atom. The van der Waals surface area contributed by atoms with Crippen molar-refractivity contribution in [3.8, 4) is 11.5 Å². The van der Waals surface area contributed by atoms with Gasteiger partial charge in [-0.1, -0.05) is 30.3 Å². The standard InChI is InChI=1S/C24H22N2O4/c1-25(19-7-6-16-4-2-3-5-17(16)12-19)24(28)18-13-23(27)26(15-18)20-8-9-21-22(14-20)30-11-10-29-21/h2-9,12,14,18H,10-11,13,15H2,1H3. The molecule has 1 fully saturated rings. The first-order valence-corrected chi connectivity index (χ1v) is 10.1.